The molecular weight excluding hydrogens is 409 g/mol. The van der Waals surface area contributed by atoms with Gasteiger partial charge in [-0.2, -0.15) is 0 Å². The van der Waals surface area contributed by atoms with Crippen molar-refractivity contribution in [2.45, 2.75) is 46.7 Å². The largest absolute Gasteiger partial charge is 0.357 e. The van der Waals surface area contributed by atoms with Gasteiger partial charge in [0, 0.05) is 31.1 Å². The molecule has 0 saturated carbocycles. The predicted octanol–water partition coefficient (Wildman–Crippen LogP) is 2.85. The first-order valence-electron chi connectivity index (χ1n) is 7.47. The number of halogens is 1. The fraction of sp³-hybridized carbons (Fsp3) is 0.733. The van der Waals surface area contributed by atoms with Crippen LogP contribution in [0.2, 0.25) is 0 Å². The van der Waals surface area contributed by atoms with Gasteiger partial charge < -0.3 is 15.5 Å². The fourth-order valence-electron chi connectivity index (χ4n) is 1.86. The fourth-order valence-corrected chi connectivity index (χ4v) is 2.46. The zero-order chi connectivity index (χ0) is 15.9. The lowest BCUT2D eigenvalue weighted by Gasteiger charge is -2.22. The minimum Gasteiger partial charge on any atom is -0.357 e. The quantitative estimate of drug-likeness (QED) is 0.310. The van der Waals surface area contributed by atoms with Crippen molar-refractivity contribution in [3.8, 4) is 0 Å². The van der Waals surface area contributed by atoms with Crippen molar-refractivity contribution >= 4 is 41.3 Å². The van der Waals surface area contributed by atoms with Crippen LogP contribution < -0.4 is 10.6 Å². The molecule has 0 fully saturated rings. The summed E-state index contributed by atoms with van der Waals surface area (Å²) in [4.78, 5) is 11.3. The Balaban J connectivity index is 0.00000441. The third kappa shape index (κ3) is 8.89. The summed E-state index contributed by atoms with van der Waals surface area (Å²) >= 11 is 1.69. The minimum atomic E-state index is 0. The van der Waals surface area contributed by atoms with Crippen molar-refractivity contribution < 1.29 is 0 Å². The topological polar surface area (TPSA) is 52.6 Å². The van der Waals surface area contributed by atoms with Gasteiger partial charge in [0.1, 0.15) is 0 Å². The molecule has 0 spiro atoms. The van der Waals surface area contributed by atoms with E-state index in [4.69, 9.17) is 0 Å². The van der Waals surface area contributed by atoms with E-state index < -0.39 is 0 Å². The first-order chi connectivity index (χ1) is 9.81. The third-order valence-corrected chi connectivity index (χ3v) is 3.61. The summed E-state index contributed by atoms with van der Waals surface area (Å²) in [6.07, 6.45) is 0. The van der Waals surface area contributed by atoms with Crippen molar-refractivity contribution in [1.82, 2.24) is 20.5 Å². The first-order valence-corrected chi connectivity index (χ1v) is 8.35. The summed E-state index contributed by atoms with van der Waals surface area (Å²) < 4.78 is 0. The maximum Gasteiger partial charge on any atom is 0.194 e. The number of guanidine groups is 1. The number of hydrogen-bond donors (Lipinski definition) is 2. The van der Waals surface area contributed by atoms with E-state index in [2.05, 4.69) is 58.6 Å². The standard InChI is InChI=1S/C15H29N5S.HI/c1-7-16-14(17-8-9-18-15(3,4)5)20(6)10-13-11-21-12(2)19-13;/h11,18H,7-10H2,1-6H3,(H,16,17);1H. The van der Waals surface area contributed by atoms with Crippen LogP contribution in [0.3, 0.4) is 0 Å². The summed E-state index contributed by atoms with van der Waals surface area (Å²) in [5.41, 5.74) is 1.23. The molecule has 0 aromatic carbocycles. The van der Waals surface area contributed by atoms with E-state index in [9.17, 15) is 0 Å². The molecule has 128 valence electrons. The van der Waals surface area contributed by atoms with Crippen LogP contribution in [0.5, 0.6) is 0 Å². The van der Waals surface area contributed by atoms with Crippen molar-refractivity contribution in [3.05, 3.63) is 16.1 Å². The van der Waals surface area contributed by atoms with Crippen LogP contribution in [0, 0.1) is 6.92 Å². The van der Waals surface area contributed by atoms with Gasteiger partial charge in [-0.15, -0.1) is 35.3 Å². The lowest BCUT2D eigenvalue weighted by atomic mass is 10.1. The van der Waals surface area contributed by atoms with Gasteiger partial charge in [-0.1, -0.05) is 0 Å². The van der Waals surface area contributed by atoms with Crippen molar-refractivity contribution in [2.75, 3.05) is 26.7 Å². The lowest BCUT2D eigenvalue weighted by Crippen LogP contribution is -2.40. The van der Waals surface area contributed by atoms with Gasteiger partial charge >= 0.3 is 0 Å². The Morgan fingerprint density at radius 1 is 1.41 bits per heavy atom. The summed E-state index contributed by atoms with van der Waals surface area (Å²) in [5, 5.41) is 9.99. The molecule has 0 amide bonds. The van der Waals surface area contributed by atoms with E-state index in [1.165, 1.54) is 0 Å². The highest BCUT2D eigenvalue weighted by Gasteiger charge is 2.10. The second-order valence-electron chi connectivity index (χ2n) is 6.13. The second kappa shape index (κ2) is 10.4. The average molecular weight is 439 g/mol. The Kier molecular flexibility index (Phi) is 10.2. The van der Waals surface area contributed by atoms with Crippen LogP contribution in [-0.4, -0.2) is 48.1 Å². The summed E-state index contributed by atoms with van der Waals surface area (Å²) in [7, 11) is 2.05. The van der Waals surface area contributed by atoms with Crippen LogP contribution in [0.4, 0.5) is 0 Å². The number of hydrogen-bond acceptors (Lipinski definition) is 4. The van der Waals surface area contributed by atoms with Crippen LogP contribution in [-0.2, 0) is 6.54 Å². The van der Waals surface area contributed by atoms with E-state index in [0.29, 0.717) is 0 Å². The minimum absolute atomic E-state index is 0. The van der Waals surface area contributed by atoms with Crippen LogP contribution in [0.15, 0.2) is 10.4 Å². The molecule has 5 nitrogen and oxygen atoms in total. The number of rotatable bonds is 6. The third-order valence-electron chi connectivity index (χ3n) is 2.79. The maximum absolute atomic E-state index is 4.66. The Morgan fingerprint density at radius 3 is 2.59 bits per heavy atom. The van der Waals surface area contributed by atoms with Gasteiger partial charge in [0.05, 0.1) is 23.8 Å². The molecule has 0 unspecified atom stereocenters. The Bertz CT molecular complexity index is 453. The molecule has 1 heterocycles. The Labute approximate surface area is 156 Å². The van der Waals surface area contributed by atoms with Crippen molar-refractivity contribution in [3.63, 3.8) is 0 Å². The molecule has 1 aromatic heterocycles. The number of aryl methyl sites for hydroxylation is 1. The molecule has 7 heteroatoms. The highest BCUT2D eigenvalue weighted by molar-refractivity contribution is 14.0. The SMILES string of the molecule is CCNC(=NCCNC(C)(C)C)N(C)Cc1csc(C)n1.I. The summed E-state index contributed by atoms with van der Waals surface area (Å²) in [6, 6.07) is 0. The summed E-state index contributed by atoms with van der Waals surface area (Å²) in [5.74, 6) is 0.930. The monoisotopic (exact) mass is 439 g/mol. The predicted molar refractivity (Wildman–Crippen MR) is 107 cm³/mol. The van der Waals surface area contributed by atoms with Gasteiger partial charge in [0.2, 0.25) is 0 Å². The van der Waals surface area contributed by atoms with E-state index in [0.717, 1.165) is 42.8 Å². The maximum atomic E-state index is 4.66. The van der Waals surface area contributed by atoms with Gasteiger partial charge in [-0.05, 0) is 34.6 Å². The number of aromatic nitrogens is 1. The molecule has 0 atom stereocenters. The molecule has 2 N–H and O–H groups in total. The number of nitrogens with zero attached hydrogens (tertiary/aromatic N) is 3. The molecular formula is C15H30IN5S. The Hall–Kier alpha value is -0.410. The molecule has 0 saturated heterocycles. The number of aliphatic imine (C=N–C) groups is 1. The molecule has 0 aliphatic heterocycles. The van der Waals surface area contributed by atoms with E-state index in [1.807, 2.05) is 14.0 Å². The molecule has 1 rings (SSSR count). The normalized spacial score (nSPS) is 12.0. The van der Waals surface area contributed by atoms with Crippen LogP contribution >= 0.6 is 35.3 Å². The molecule has 0 aliphatic carbocycles. The zero-order valence-corrected chi connectivity index (χ0v) is 17.7. The molecule has 0 aliphatic rings. The molecule has 1 aromatic rings. The van der Waals surface area contributed by atoms with Gasteiger partial charge in [0.15, 0.2) is 5.96 Å². The van der Waals surface area contributed by atoms with Gasteiger partial charge in [0.25, 0.3) is 0 Å². The van der Waals surface area contributed by atoms with Crippen LogP contribution in [0.1, 0.15) is 38.4 Å². The van der Waals surface area contributed by atoms with E-state index in [1.54, 1.807) is 11.3 Å². The van der Waals surface area contributed by atoms with Crippen molar-refractivity contribution in [1.29, 1.82) is 0 Å². The summed E-state index contributed by atoms with van der Waals surface area (Å²) in [6.45, 7) is 13.9. The Morgan fingerprint density at radius 2 is 2.09 bits per heavy atom. The average Bonchev–Trinajstić information content (AvgIpc) is 2.77. The van der Waals surface area contributed by atoms with Crippen molar-refractivity contribution in [2.24, 2.45) is 4.99 Å². The molecule has 0 bridgehead atoms. The second-order valence-corrected chi connectivity index (χ2v) is 7.19. The van der Waals surface area contributed by atoms with Crippen LogP contribution in [0.25, 0.3) is 0 Å². The molecule has 0 radical (unpaired) electrons. The molecule has 22 heavy (non-hydrogen) atoms. The highest BCUT2D eigenvalue weighted by Crippen LogP contribution is 2.09. The smallest absolute Gasteiger partial charge is 0.194 e. The van der Waals surface area contributed by atoms with E-state index >= 15 is 0 Å². The number of nitrogens with one attached hydrogen (secondary N) is 2. The van der Waals surface area contributed by atoms with Gasteiger partial charge in [-0.25, -0.2) is 4.98 Å². The zero-order valence-electron chi connectivity index (χ0n) is 14.6. The first kappa shape index (κ1) is 21.6. The lowest BCUT2D eigenvalue weighted by molar-refractivity contribution is 0.429. The van der Waals surface area contributed by atoms with Gasteiger partial charge in [-0.3, -0.25) is 4.99 Å². The van der Waals surface area contributed by atoms with E-state index in [-0.39, 0.29) is 29.5 Å². The highest BCUT2D eigenvalue weighted by atomic mass is 127. The number of thiazole rings is 1.